The molecule has 6 nitrogen and oxygen atoms in total. The van der Waals surface area contributed by atoms with Crippen LogP contribution in [-0.4, -0.2) is 27.1 Å². The van der Waals surface area contributed by atoms with Gasteiger partial charge in [-0.1, -0.05) is 18.5 Å². The van der Waals surface area contributed by atoms with Crippen molar-refractivity contribution >= 4 is 11.6 Å². The molecule has 7 heteroatoms. The first-order valence-corrected chi connectivity index (χ1v) is 6.78. The number of halogens is 1. The van der Waals surface area contributed by atoms with Gasteiger partial charge in [0.25, 0.3) is 0 Å². The molecule has 2 heterocycles. The minimum absolute atomic E-state index is 0.286. The SMILES string of the molecule is CCc1nn(C)c(CC(N)c2ccc(OC)nn2)c1Cl. The summed E-state index contributed by atoms with van der Waals surface area (Å²) in [5, 5.41) is 13.0. The maximum Gasteiger partial charge on any atom is 0.233 e. The van der Waals surface area contributed by atoms with Crippen LogP contribution in [0.3, 0.4) is 0 Å². The number of methoxy groups -OCH3 is 1. The average Bonchev–Trinajstić information content (AvgIpc) is 2.74. The lowest BCUT2D eigenvalue weighted by molar-refractivity contribution is 0.390. The van der Waals surface area contributed by atoms with Crippen LogP contribution in [0.5, 0.6) is 5.88 Å². The van der Waals surface area contributed by atoms with Crippen LogP contribution in [-0.2, 0) is 19.9 Å². The van der Waals surface area contributed by atoms with Crippen LogP contribution in [0.25, 0.3) is 0 Å². The number of hydrogen-bond acceptors (Lipinski definition) is 5. The second-order valence-corrected chi connectivity index (χ2v) is 4.87. The van der Waals surface area contributed by atoms with Crippen molar-refractivity contribution in [2.24, 2.45) is 12.8 Å². The molecule has 0 radical (unpaired) electrons. The van der Waals surface area contributed by atoms with Crippen molar-refractivity contribution in [3.8, 4) is 5.88 Å². The highest BCUT2D eigenvalue weighted by atomic mass is 35.5. The van der Waals surface area contributed by atoms with Gasteiger partial charge in [0.1, 0.15) is 0 Å². The van der Waals surface area contributed by atoms with Crippen molar-refractivity contribution in [1.82, 2.24) is 20.0 Å². The molecule has 2 rings (SSSR count). The number of nitrogens with zero attached hydrogens (tertiary/aromatic N) is 4. The minimum Gasteiger partial charge on any atom is -0.480 e. The van der Waals surface area contributed by atoms with Gasteiger partial charge in [-0.05, 0) is 12.5 Å². The maximum absolute atomic E-state index is 6.31. The van der Waals surface area contributed by atoms with Gasteiger partial charge in [0.05, 0.1) is 35.3 Å². The average molecular weight is 296 g/mol. The van der Waals surface area contributed by atoms with Crippen LogP contribution < -0.4 is 10.5 Å². The second-order valence-electron chi connectivity index (χ2n) is 4.50. The smallest absolute Gasteiger partial charge is 0.233 e. The van der Waals surface area contributed by atoms with E-state index in [4.69, 9.17) is 22.1 Å². The molecule has 1 unspecified atom stereocenters. The lowest BCUT2D eigenvalue weighted by Gasteiger charge is -2.11. The molecule has 0 spiro atoms. The van der Waals surface area contributed by atoms with E-state index in [1.807, 2.05) is 20.0 Å². The Hall–Kier alpha value is -1.66. The third kappa shape index (κ3) is 2.91. The number of hydrogen-bond donors (Lipinski definition) is 1. The summed E-state index contributed by atoms with van der Waals surface area (Å²) in [7, 11) is 3.41. The third-order valence-electron chi connectivity index (χ3n) is 3.17. The van der Waals surface area contributed by atoms with Gasteiger partial charge in [-0.15, -0.1) is 5.10 Å². The molecule has 0 aliphatic carbocycles. The summed E-state index contributed by atoms with van der Waals surface area (Å²) < 4.78 is 6.75. The molecule has 2 N–H and O–H groups in total. The zero-order valence-electron chi connectivity index (χ0n) is 11.8. The van der Waals surface area contributed by atoms with Crippen LogP contribution >= 0.6 is 11.6 Å². The number of nitrogens with two attached hydrogens (primary N) is 1. The first-order chi connectivity index (χ1) is 9.56. The predicted molar refractivity (Wildman–Crippen MR) is 76.8 cm³/mol. The Bertz CT molecular complexity index is 581. The number of rotatable bonds is 5. The zero-order valence-corrected chi connectivity index (χ0v) is 12.6. The molecule has 0 aliphatic rings. The Balaban J connectivity index is 2.18. The summed E-state index contributed by atoms with van der Waals surface area (Å²) in [6, 6.07) is 3.26. The summed E-state index contributed by atoms with van der Waals surface area (Å²) in [4.78, 5) is 0. The minimum atomic E-state index is -0.286. The molecule has 0 saturated heterocycles. The van der Waals surface area contributed by atoms with Crippen LogP contribution in [0.4, 0.5) is 0 Å². The molecule has 0 saturated carbocycles. The van der Waals surface area contributed by atoms with Crippen LogP contribution in [0.2, 0.25) is 5.02 Å². The summed E-state index contributed by atoms with van der Waals surface area (Å²) in [6.45, 7) is 2.02. The monoisotopic (exact) mass is 295 g/mol. The molecule has 20 heavy (non-hydrogen) atoms. The van der Waals surface area contributed by atoms with Gasteiger partial charge < -0.3 is 10.5 Å². The van der Waals surface area contributed by atoms with Gasteiger partial charge in [0.2, 0.25) is 5.88 Å². The highest BCUT2D eigenvalue weighted by molar-refractivity contribution is 6.31. The van der Waals surface area contributed by atoms with Crippen molar-refractivity contribution in [2.45, 2.75) is 25.8 Å². The lowest BCUT2D eigenvalue weighted by atomic mass is 10.1. The van der Waals surface area contributed by atoms with E-state index in [9.17, 15) is 0 Å². The maximum atomic E-state index is 6.31. The fourth-order valence-electron chi connectivity index (χ4n) is 1.99. The Morgan fingerprint density at radius 1 is 1.40 bits per heavy atom. The van der Waals surface area contributed by atoms with E-state index >= 15 is 0 Å². The molecule has 2 aromatic rings. The van der Waals surface area contributed by atoms with E-state index in [2.05, 4.69) is 15.3 Å². The van der Waals surface area contributed by atoms with Gasteiger partial charge in [-0.3, -0.25) is 4.68 Å². The molecule has 2 aromatic heterocycles. The molecular formula is C13H18ClN5O. The van der Waals surface area contributed by atoms with Crippen LogP contribution in [0, 0.1) is 0 Å². The number of ether oxygens (including phenoxy) is 1. The van der Waals surface area contributed by atoms with Crippen molar-refractivity contribution in [3.63, 3.8) is 0 Å². The summed E-state index contributed by atoms with van der Waals surface area (Å²) in [5.74, 6) is 0.466. The summed E-state index contributed by atoms with van der Waals surface area (Å²) in [5.41, 5.74) is 8.66. The second kappa shape index (κ2) is 6.19. The van der Waals surface area contributed by atoms with Crippen molar-refractivity contribution < 1.29 is 4.74 Å². The highest BCUT2D eigenvalue weighted by Crippen LogP contribution is 2.24. The Kier molecular flexibility index (Phi) is 4.57. The van der Waals surface area contributed by atoms with E-state index < -0.39 is 0 Å². The van der Waals surface area contributed by atoms with Gasteiger partial charge in [0.15, 0.2) is 0 Å². The Morgan fingerprint density at radius 3 is 2.65 bits per heavy atom. The molecule has 1 atom stereocenters. The predicted octanol–water partition coefficient (Wildman–Crippen LogP) is 1.68. The van der Waals surface area contributed by atoms with Gasteiger partial charge >= 0.3 is 0 Å². The van der Waals surface area contributed by atoms with Crippen LogP contribution in [0.15, 0.2) is 12.1 Å². The third-order valence-corrected chi connectivity index (χ3v) is 3.60. The first kappa shape index (κ1) is 14.7. The summed E-state index contributed by atoms with van der Waals surface area (Å²) >= 11 is 6.31. The molecule has 0 amide bonds. The fourth-order valence-corrected chi connectivity index (χ4v) is 2.36. The molecular weight excluding hydrogens is 278 g/mol. The largest absolute Gasteiger partial charge is 0.480 e. The Morgan fingerprint density at radius 2 is 2.15 bits per heavy atom. The molecule has 0 fully saturated rings. The van der Waals surface area contributed by atoms with Crippen molar-refractivity contribution in [2.75, 3.05) is 7.11 Å². The van der Waals surface area contributed by atoms with Crippen molar-refractivity contribution in [1.29, 1.82) is 0 Å². The zero-order chi connectivity index (χ0) is 14.7. The quantitative estimate of drug-likeness (QED) is 0.908. The van der Waals surface area contributed by atoms with Crippen molar-refractivity contribution in [3.05, 3.63) is 34.2 Å². The molecule has 0 aromatic carbocycles. The van der Waals surface area contributed by atoms with E-state index in [-0.39, 0.29) is 6.04 Å². The van der Waals surface area contributed by atoms with E-state index in [0.717, 1.165) is 17.8 Å². The van der Waals surface area contributed by atoms with Gasteiger partial charge in [0, 0.05) is 19.5 Å². The van der Waals surface area contributed by atoms with Gasteiger partial charge in [-0.2, -0.15) is 10.2 Å². The lowest BCUT2D eigenvalue weighted by Crippen LogP contribution is -2.17. The fraction of sp³-hybridized carbons (Fsp3) is 0.462. The van der Waals surface area contributed by atoms with E-state index in [1.54, 1.807) is 17.9 Å². The van der Waals surface area contributed by atoms with Gasteiger partial charge in [-0.25, -0.2) is 0 Å². The molecule has 0 bridgehead atoms. The van der Waals surface area contributed by atoms with E-state index in [1.165, 1.54) is 0 Å². The normalized spacial score (nSPS) is 12.4. The van der Waals surface area contributed by atoms with E-state index in [0.29, 0.717) is 23.0 Å². The number of aromatic nitrogens is 4. The van der Waals surface area contributed by atoms with Crippen LogP contribution in [0.1, 0.15) is 30.0 Å². The Labute approximate surface area is 122 Å². The standard InChI is InChI=1S/C13H18ClN5O/c1-4-9-13(14)11(19(2)18-9)7-8(15)10-5-6-12(20-3)17-16-10/h5-6,8H,4,7,15H2,1-3H3. The topological polar surface area (TPSA) is 78.9 Å². The highest BCUT2D eigenvalue weighted by Gasteiger charge is 2.18. The summed E-state index contributed by atoms with van der Waals surface area (Å²) in [6.07, 6.45) is 1.35. The molecule has 0 aliphatic heterocycles. The number of aryl methyl sites for hydroxylation is 2. The first-order valence-electron chi connectivity index (χ1n) is 6.40. The molecule has 108 valence electrons.